The van der Waals surface area contributed by atoms with Gasteiger partial charge in [-0.05, 0) is 136 Å². The average Bonchev–Trinajstić information content (AvgIpc) is 2.06. The zero-order valence-corrected chi connectivity index (χ0v) is 49.8. The second kappa shape index (κ2) is 25.8. The van der Waals surface area contributed by atoms with Crippen LogP contribution in [0.2, 0.25) is 0 Å². The number of ether oxygens (including phenoxy) is 5. The Bertz CT molecular complexity index is 3040. The molecule has 1 aromatic carbocycles. The van der Waals surface area contributed by atoms with Crippen molar-refractivity contribution in [3.8, 4) is 0 Å². The fraction of sp³-hybridized carbons (Fsp3) is 0.557. The summed E-state index contributed by atoms with van der Waals surface area (Å²) in [5, 5.41) is 6.60. The van der Waals surface area contributed by atoms with Crippen molar-refractivity contribution >= 4 is 75.4 Å². The van der Waals surface area contributed by atoms with Gasteiger partial charge in [0.25, 0.3) is 39.7 Å². The number of benzene rings is 1. The summed E-state index contributed by atoms with van der Waals surface area (Å²) >= 11 is 0. The second-order valence-corrected chi connectivity index (χ2v) is 26.1. The Balaban J connectivity index is 0.000000171. The summed E-state index contributed by atoms with van der Waals surface area (Å²) in [6.07, 6.45) is 7.65. The SMILES string of the molecule is C=C(C)C(=O)NC(=O)C12CC3CC(CC(C3)C1)C2.C=C(C)C(=O)NC(=O)C12CCC(C)(C(=O)O1)C2(C)C.C=C(C)C(=O)NC(=O)c1ccccc1.C=C(C)C(=O)OC1CCOC1=O.C=C(C)C(=O)OCC(=O)OC1C2CC3C1OS(=O)(=O)C3C2. The van der Waals surface area contributed by atoms with E-state index in [1.807, 2.05) is 20.8 Å². The standard InChI is InChI=1S/C15H21NO2.C14H19NO4.C13H16O7S.C11H11NO2.C8H10O4/c1-9(2)13(17)16-14(18)15-6-10-3-11(7-15)5-12(4-10)8-15;1-8(2)9(16)15-10(17)14-7-6-13(5,11(18)19-14)12(14,3)4;1-6(2)13(15)18-5-10(14)19-11-7-3-8-9(4-7)21(16,17)20-12(8)11;1-8(2)10(13)12-11(14)9-6-4-3-5-7-9;1-5(2)7(9)12-6-3-4-11-8(6)10/h10-12H,1,3-8H2,2H3,(H,16,17,18);1,6-7H2,2-5H3,(H,15,16,17);7-9,11-12H,1,3-5H2,2H3;3-7H,1H2,2H3,(H,12,13,14);6H,1,3-4H2,2H3. The highest BCUT2D eigenvalue weighted by molar-refractivity contribution is 7.87. The molecule has 10 aliphatic rings. The summed E-state index contributed by atoms with van der Waals surface area (Å²) in [6, 6.07) is 8.56. The molecule has 0 radical (unpaired) electrons. The van der Waals surface area contributed by atoms with Gasteiger partial charge < -0.3 is 23.7 Å². The van der Waals surface area contributed by atoms with E-state index in [-0.39, 0.29) is 51.8 Å². The van der Waals surface area contributed by atoms with Crippen LogP contribution < -0.4 is 16.0 Å². The maximum Gasteiger partial charge on any atom is 0.347 e. The molecule has 6 amide bonds. The monoisotopic (exact) mass is 1190 g/mol. The molecule has 0 aromatic heterocycles. The maximum absolute atomic E-state index is 12.4. The minimum atomic E-state index is -3.53. The Morgan fingerprint density at radius 3 is 1.64 bits per heavy atom. The van der Waals surface area contributed by atoms with Gasteiger partial charge in [0.15, 0.2) is 12.2 Å². The molecular weight excluding hydrogens is 1110 g/mol. The summed E-state index contributed by atoms with van der Waals surface area (Å²) in [5.74, 6) is -2.92. The quantitative estimate of drug-likeness (QED) is 0.0957. The number of carbonyl (C=O) groups excluding carboxylic acids is 11. The molecule has 23 heteroatoms. The number of fused-ring (bicyclic) bond motifs is 3. The number of amides is 6. The van der Waals surface area contributed by atoms with E-state index in [1.54, 1.807) is 44.2 Å². The Labute approximate surface area is 489 Å². The van der Waals surface area contributed by atoms with Gasteiger partial charge >= 0.3 is 29.8 Å². The highest BCUT2D eigenvalue weighted by Crippen LogP contribution is 2.66. The molecule has 456 valence electrons. The number of rotatable bonds is 12. The van der Waals surface area contributed by atoms with Crippen molar-refractivity contribution in [1.82, 2.24) is 16.0 Å². The molecule has 7 aliphatic carbocycles. The van der Waals surface area contributed by atoms with Crippen LogP contribution in [0.15, 0.2) is 91.1 Å². The van der Waals surface area contributed by atoms with E-state index in [2.05, 4.69) is 53.6 Å². The molecule has 0 spiro atoms. The lowest BCUT2D eigenvalue weighted by Crippen LogP contribution is -2.54. The number of esters is 5. The summed E-state index contributed by atoms with van der Waals surface area (Å²) in [6.45, 7) is 30.3. The molecular formula is C61H77N3O19S. The summed E-state index contributed by atoms with van der Waals surface area (Å²) in [7, 11) is -3.53. The lowest BCUT2D eigenvalue weighted by atomic mass is 9.49. The number of carbonyl (C=O) groups is 11. The molecule has 3 aliphatic heterocycles. The van der Waals surface area contributed by atoms with Crippen LogP contribution in [0.1, 0.15) is 136 Å². The van der Waals surface area contributed by atoms with Gasteiger partial charge in [-0.25, -0.2) is 19.2 Å². The number of imide groups is 3. The Kier molecular flexibility index (Phi) is 20.2. The van der Waals surface area contributed by atoms with Gasteiger partial charge in [-0.1, -0.05) is 64.9 Å². The summed E-state index contributed by atoms with van der Waals surface area (Å²) in [4.78, 5) is 127. The molecule has 8 bridgehead atoms. The molecule has 11 rings (SSSR count). The van der Waals surface area contributed by atoms with Gasteiger partial charge in [0.05, 0.1) is 22.7 Å². The van der Waals surface area contributed by atoms with Gasteiger partial charge in [-0.15, -0.1) is 0 Å². The Morgan fingerprint density at radius 2 is 1.18 bits per heavy atom. The van der Waals surface area contributed by atoms with Crippen LogP contribution in [0.3, 0.4) is 0 Å². The van der Waals surface area contributed by atoms with Crippen LogP contribution in [0.5, 0.6) is 0 Å². The fourth-order valence-corrected chi connectivity index (χ4v) is 14.8. The zero-order valence-electron chi connectivity index (χ0n) is 49.0. The molecule has 1 aromatic rings. The molecule has 22 nitrogen and oxygen atoms in total. The molecule has 3 saturated heterocycles. The molecule has 84 heavy (non-hydrogen) atoms. The normalized spacial score (nSPS) is 30.8. The van der Waals surface area contributed by atoms with Crippen molar-refractivity contribution < 1.29 is 89.0 Å². The van der Waals surface area contributed by atoms with Crippen molar-refractivity contribution in [3.05, 3.63) is 96.7 Å². The molecule has 3 N–H and O–H groups in total. The van der Waals surface area contributed by atoms with Crippen LogP contribution >= 0.6 is 0 Å². The van der Waals surface area contributed by atoms with E-state index in [1.165, 1.54) is 40.0 Å². The largest absolute Gasteiger partial charge is 0.463 e. The third kappa shape index (κ3) is 14.0. The van der Waals surface area contributed by atoms with Crippen LogP contribution in [0.25, 0.3) is 0 Å². The van der Waals surface area contributed by atoms with Crippen LogP contribution in [0, 0.1) is 45.8 Å². The first-order valence-corrected chi connectivity index (χ1v) is 29.3. The maximum atomic E-state index is 12.4. The topological polar surface area (TPSA) is 313 Å². The lowest BCUT2D eigenvalue weighted by molar-refractivity contribution is -0.168. The van der Waals surface area contributed by atoms with Crippen LogP contribution in [0.4, 0.5) is 0 Å². The predicted octanol–water partition coefficient (Wildman–Crippen LogP) is 5.84. The minimum Gasteiger partial charge on any atom is -0.463 e. The fourth-order valence-electron chi connectivity index (χ4n) is 13.0. The minimum absolute atomic E-state index is 0.00284. The number of hydrogen-bond donors (Lipinski definition) is 3. The number of cyclic esters (lactones) is 1. The van der Waals surface area contributed by atoms with Crippen LogP contribution in [-0.2, 0) is 85.9 Å². The number of nitrogens with one attached hydrogen (secondary N) is 3. The first kappa shape index (κ1) is 65.7. The van der Waals surface area contributed by atoms with Crippen molar-refractivity contribution in [2.24, 2.45) is 45.8 Å². The van der Waals surface area contributed by atoms with E-state index in [0.717, 1.165) is 37.0 Å². The van der Waals surface area contributed by atoms with E-state index in [9.17, 15) is 61.2 Å². The summed E-state index contributed by atoms with van der Waals surface area (Å²) < 4.78 is 53.3. The number of hydrogen-bond acceptors (Lipinski definition) is 19. The van der Waals surface area contributed by atoms with Crippen molar-refractivity contribution in [2.75, 3.05) is 13.2 Å². The van der Waals surface area contributed by atoms with Crippen molar-refractivity contribution in [2.45, 2.75) is 155 Å². The molecule has 8 unspecified atom stereocenters. The highest BCUT2D eigenvalue weighted by atomic mass is 32.2. The van der Waals surface area contributed by atoms with E-state index < -0.39 is 104 Å². The van der Waals surface area contributed by atoms with Gasteiger partial charge in [0.2, 0.25) is 12.0 Å². The highest BCUT2D eigenvalue weighted by Gasteiger charge is 2.76. The molecule has 10 fully saturated rings. The van der Waals surface area contributed by atoms with E-state index in [0.29, 0.717) is 55.4 Å². The van der Waals surface area contributed by atoms with Crippen molar-refractivity contribution in [1.29, 1.82) is 0 Å². The lowest BCUT2D eigenvalue weighted by Gasteiger charge is -2.55. The van der Waals surface area contributed by atoms with Crippen LogP contribution in [-0.4, -0.2) is 116 Å². The zero-order chi connectivity index (χ0) is 62.6. The molecule has 7 saturated carbocycles. The van der Waals surface area contributed by atoms with E-state index >= 15 is 0 Å². The summed E-state index contributed by atoms with van der Waals surface area (Å²) in [5.41, 5.74) is -0.890. The van der Waals surface area contributed by atoms with Gasteiger partial charge in [-0.2, -0.15) is 8.42 Å². The Morgan fingerprint density at radius 1 is 0.655 bits per heavy atom. The molecule has 8 atom stereocenters. The smallest absolute Gasteiger partial charge is 0.347 e. The predicted molar refractivity (Wildman–Crippen MR) is 300 cm³/mol. The van der Waals surface area contributed by atoms with E-state index in [4.69, 9.17) is 23.1 Å². The van der Waals surface area contributed by atoms with Gasteiger partial charge in [-0.3, -0.25) is 53.7 Å². The molecule has 3 heterocycles. The third-order valence-electron chi connectivity index (χ3n) is 17.7. The first-order valence-electron chi connectivity index (χ1n) is 27.9. The van der Waals surface area contributed by atoms with Gasteiger partial charge in [0, 0.05) is 57.1 Å². The van der Waals surface area contributed by atoms with Gasteiger partial charge in [0.1, 0.15) is 12.2 Å². The average molecular weight is 1190 g/mol. The first-order chi connectivity index (χ1) is 39.1. The van der Waals surface area contributed by atoms with Crippen molar-refractivity contribution in [3.63, 3.8) is 0 Å². The Hall–Kier alpha value is -7.40. The third-order valence-corrected chi connectivity index (χ3v) is 19.5. The second-order valence-electron chi connectivity index (χ2n) is 24.4.